The summed E-state index contributed by atoms with van der Waals surface area (Å²) >= 11 is 0. The molecule has 0 saturated heterocycles. The van der Waals surface area contributed by atoms with Crippen molar-refractivity contribution in [3.8, 4) is 5.75 Å². The second-order valence-corrected chi connectivity index (χ2v) is 3.31. The van der Waals surface area contributed by atoms with Crippen LogP contribution in [-0.2, 0) is 6.42 Å². The van der Waals surface area contributed by atoms with E-state index in [2.05, 4.69) is 18.7 Å². The molecule has 0 aliphatic rings. The Kier molecular flexibility index (Phi) is 9.93. The number of benzene rings is 2. The Morgan fingerprint density at radius 3 is 1.71 bits per heavy atom. The number of rotatable bonds is 2. The van der Waals surface area contributed by atoms with Gasteiger partial charge in [0.25, 0.3) is 0 Å². The van der Waals surface area contributed by atoms with Gasteiger partial charge in [-0.25, -0.2) is 0 Å². The van der Waals surface area contributed by atoms with E-state index in [1.165, 1.54) is 5.56 Å². The van der Waals surface area contributed by atoms with E-state index >= 15 is 0 Å². The monoisotopic (exact) mass is 254 g/mol. The molecule has 0 unspecified atom stereocenters. The minimum atomic E-state index is 0. The van der Waals surface area contributed by atoms with Crippen LogP contribution in [0, 0.1) is 0 Å². The van der Waals surface area contributed by atoms with Gasteiger partial charge in [0.2, 0.25) is 0 Å². The first-order valence-electron chi connectivity index (χ1n) is 5.22. The van der Waals surface area contributed by atoms with Crippen molar-refractivity contribution in [1.29, 1.82) is 0 Å². The molecule has 2 aromatic rings. The molecule has 0 amide bonds. The molecule has 0 atom stereocenters. The Bertz CT molecular complexity index is 398. The van der Waals surface area contributed by atoms with Gasteiger partial charge in [-0.1, -0.05) is 54.6 Å². The molecular formula is C15H18CaO. The average molecular weight is 254 g/mol. The van der Waals surface area contributed by atoms with Crippen LogP contribution in [0.25, 0.3) is 0 Å². The van der Waals surface area contributed by atoms with Gasteiger partial charge in [-0.15, -0.1) is 6.58 Å². The van der Waals surface area contributed by atoms with Crippen molar-refractivity contribution < 1.29 is 5.11 Å². The molecule has 0 saturated carbocycles. The molecule has 0 fully saturated rings. The maximum absolute atomic E-state index is 8.63. The fraction of sp³-hybridized carbons (Fsp3) is 0.0667. The molecule has 0 bridgehead atoms. The number of para-hydroxylation sites is 1. The molecule has 0 heterocycles. The number of phenolic OH excluding ortho intramolecular Hbond substituents is 1. The molecule has 17 heavy (non-hydrogen) atoms. The van der Waals surface area contributed by atoms with Crippen molar-refractivity contribution >= 4 is 37.7 Å². The van der Waals surface area contributed by atoms with E-state index < -0.39 is 0 Å². The summed E-state index contributed by atoms with van der Waals surface area (Å²) in [6.45, 7) is 3.66. The molecule has 2 aromatic carbocycles. The third-order valence-corrected chi connectivity index (χ3v) is 1.98. The zero-order valence-corrected chi connectivity index (χ0v) is 9.21. The SMILES string of the molecule is C=CCc1ccccc1.Oc1ccccc1.[CaH2]. The first-order chi connectivity index (χ1) is 7.83. The summed E-state index contributed by atoms with van der Waals surface area (Å²) in [5.41, 5.74) is 1.33. The molecule has 0 aromatic heterocycles. The number of phenols is 1. The summed E-state index contributed by atoms with van der Waals surface area (Å²) in [7, 11) is 0. The van der Waals surface area contributed by atoms with Crippen LogP contribution in [0.1, 0.15) is 5.56 Å². The second-order valence-electron chi connectivity index (χ2n) is 3.31. The van der Waals surface area contributed by atoms with E-state index in [9.17, 15) is 0 Å². The van der Waals surface area contributed by atoms with Gasteiger partial charge in [-0.3, -0.25) is 0 Å². The first kappa shape index (κ1) is 16.2. The second kappa shape index (κ2) is 10.4. The van der Waals surface area contributed by atoms with Crippen molar-refractivity contribution in [3.63, 3.8) is 0 Å². The summed E-state index contributed by atoms with van der Waals surface area (Å²) < 4.78 is 0. The Morgan fingerprint density at radius 1 is 0.882 bits per heavy atom. The van der Waals surface area contributed by atoms with Crippen LogP contribution in [0.15, 0.2) is 73.3 Å². The molecule has 86 valence electrons. The summed E-state index contributed by atoms with van der Waals surface area (Å²) in [6, 6.07) is 19.0. The molecule has 1 nitrogen and oxygen atoms in total. The number of hydrogen-bond acceptors (Lipinski definition) is 1. The van der Waals surface area contributed by atoms with Gasteiger partial charge in [0.15, 0.2) is 0 Å². The minimum absolute atomic E-state index is 0. The fourth-order valence-corrected chi connectivity index (χ4v) is 1.21. The Morgan fingerprint density at radius 2 is 1.35 bits per heavy atom. The van der Waals surface area contributed by atoms with E-state index in [1.54, 1.807) is 24.3 Å². The third kappa shape index (κ3) is 8.03. The van der Waals surface area contributed by atoms with Crippen LogP contribution in [-0.4, -0.2) is 42.8 Å². The van der Waals surface area contributed by atoms with Crippen LogP contribution in [0.3, 0.4) is 0 Å². The standard InChI is InChI=1S/C9H10.C6H6O.Ca.2H/c1-2-6-9-7-4-3-5-8-9;7-6-4-2-1-3-5-6;;;/h2-5,7-8H,1,6H2;1-5,7H;;;. The summed E-state index contributed by atoms with van der Waals surface area (Å²) in [5, 5.41) is 8.63. The molecular weight excluding hydrogens is 236 g/mol. The molecule has 0 aliphatic carbocycles. The Hall–Kier alpha value is -0.760. The average Bonchev–Trinajstić information content (AvgIpc) is 2.33. The quantitative estimate of drug-likeness (QED) is 0.645. The topological polar surface area (TPSA) is 20.2 Å². The van der Waals surface area contributed by atoms with Gasteiger partial charge in [-0.05, 0) is 24.1 Å². The van der Waals surface area contributed by atoms with Crippen LogP contribution in [0.2, 0.25) is 0 Å². The summed E-state index contributed by atoms with van der Waals surface area (Å²) in [4.78, 5) is 0. The number of allylic oxidation sites excluding steroid dienone is 1. The van der Waals surface area contributed by atoms with E-state index in [0.29, 0.717) is 5.75 Å². The predicted molar refractivity (Wildman–Crippen MR) is 77.0 cm³/mol. The van der Waals surface area contributed by atoms with Gasteiger partial charge in [0.05, 0.1) is 0 Å². The Balaban J connectivity index is 0.000000292. The molecule has 1 N–H and O–H groups in total. The maximum atomic E-state index is 8.63. The zero-order valence-electron chi connectivity index (χ0n) is 9.21. The van der Waals surface area contributed by atoms with Gasteiger partial charge in [0, 0.05) is 0 Å². The van der Waals surface area contributed by atoms with E-state index in [-0.39, 0.29) is 37.7 Å². The number of hydrogen-bond donors (Lipinski definition) is 1. The van der Waals surface area contributed by atoms with Crippen LogP contribution in [0.5, 0.6) is 5.75 Å². The van der Waals surface area contributed by atoms with E-state index in [1.807, 2.05) is 30.3 Å². The molecule has 0 aliphatic heterocycles. The van der Waals surface area contributed by atoms with Gasteiger partial charge in [-0.2, -0.15) is 0 Å². The van der Waals surface area contributed by atoms with Crippen LogP contribution in [0.4, 0.5) is 0 Å². The van der Waals surface area contributed by atoms with Crippen molar-refractivity contribution in [2.75, 3.05) is 0 Å². The van der Waals surface area contributed by atoms with Crippen molar-refractivity contribution in [3.05, 3.63) is 78.9 Å². The van der Waals surface area contributed by atoms with E-state index in [4.69, 9.17) is 5.11 Å². The molecule has 0 spiro atoms. The fourth-order valence-electron chi connectivity index (χ4n) is 1.21. The predicted octanol–water partition coefficient (Wildman–Crippen LogP) is 2.89. The molecule has 2 heteroatoms. The number of aromatic hydroxyl groups is 1. The third-order valence-electron chi connectivity index (χ3n) is 1.98. The van der Waals surface area contributed by atoms with Crippen LogP contribution >= 0.6 is 0 Å². The van der Waals surface area contributed by atoms with Crippen molar-refractivity contribution in [1.82, 2.24) is 0 Å². The molecule has 0 radical (unpaired) electrons. The summed E-state index contributed by atoms with van der Waals surface area (Å²) in [6.07, 6.45) is 2.89. The summed E-state index contributed by atoms with van der Waals surface area (Å²) in [5.74, 6) is 0.322. The zero-order chi connectivity index (χ0) is 11.6. The van der Waals surface area contributed by atoms with Crippen molar-refractivity contribution in [2.45, 2.75) is 6.42 Å². The normalized spacial score (nSPS) is 8.24. The van der Waals surface area contributed by atoms with Crippen molar-refractivity contribution in [2.24, 2.45) is 0 Å². The van der Waals surface area contributed by atoms with Gasteiger partial charge < -0.3 is 5.11 Å². The van der Waals surface area contributed by atoms with Gasteiger partial charge in [0.1, 0.15) is 5.75 Å². The molecule has 2 rings (SSSR count). The van der Waals surface area contributed by atoms with Gasteiger partial charge >= 0.3 is 37.7 Å². The first-order valence-corrected chi connectivity index (χ1v) is 5.22. The Labute approximate surface area is 133 Å². The van der Waals surface area contributed by atoms with Crippen LogP contribution < -0.4 is 0 Å². The van der Waals surface area contributed by atoms with E-state index in [0.717, 1.165) is 6.42 Å².